The minimum Gasteiger partial charge on any atom is -0.339 e. The van der Waals surface area contributed by atoms with E-state index < -0.39 is 10.0 Å². The minimum atomic E-state index is -3.50. The zero-order chi connectivity index (χ0) is 24.7. The number of carbonyl (C=O) groups is 2. The van der Waals surface area contributed by atoms with Crippen LogP contribution in [0.2, 0.25) is 0 Å². The van der Waals surface area contributed by atoms with Gasteiger partial charge in [-0.2, -0.15) is 0 Å². The zero-order valence-electron chi connectivity index (χ0n) is 20.3. The van der Waals surface area contributed by atoms with E-state index in [-0.39, 0.29) is 24.8 Å². The molecule has 7 nitrogen and oxygen atoms in total. The van der Waals surface area contributed by atoms with Crippen molar-refractivity contribution >= 4 is 33.2 Å². The fourth-order valence-electron chi connectivity index (χ4n) is 4.27. The first-order valence-corrected chi connectivity index (χ1v) is 13.7. The largest absolute Gasteiger partial charge is 0.339 e. The summed E-state index contributed by atoms with van der Waals surface area (Å²) in [5.74, 6) is -0.304. The maximum atomic E-state index is 13.1. The van der Waals surface area contributed by atoms with Gasteiger partial charge in [0.1, 0.15) is 0 Å². The van der Waals surface area contributed by atoms with Crippen molar-refractivity contribution < 1.29 is 18.0 Å². The highest BCUT2D eigenvalue weighted by Crippen LogP contribution is 2.25. The molecule has 0 atom stereocenters. The summed E-state index contributed by atoms with van der Waals surface area (Å²) in [6.45, 7) is 5.46. The lowest BCUT2D eigenvalue weighted by Gasteiger charge is -2.24. The fourth-order valence-corrected chi connectivity index (χ4v) is 5.29. The second-order valence-corrected chi connectivity index (χ2v) is 10.9. The number of amides is 2. The van der Waals surface area contributed by atoms with E-state index in [4.69, 9.17) is 0 Å². The first-order chi connectivity index (χ1) is 16.2. The molecule has 8 heteroatoms. The Balaban J connectivity index is 1.65. The molecule has 0 saturated carbocycles. The van der Waals surface area contributed by atoms with Gasteiger partial charge in [0.15, 0.2) is 0 Å². The van der Waals surface area contributed by atoms with Gasteiger partial charge in [-0.05, 0) is 62.4 Å². The summed E-state index contributed by atoms with van der Waals surface area (Å²) in [5, 5.41) is 2.86. The Kier molecular flexibility index (Phi) is 8.72. The number of nitrogens with one attached hydrogen (secondary N) is 1. The van der Waals surface area contributed by atoms with Crippen molar-refractivity contribution in [2.75, 3.05) is 35.5 Å². The van der Waals surface area contributed by atoms with Gasteiger partial charge in [-0.1, -0.05) is 37.1 Å². The molecule has 2 aromatic rings. The predicted octanol–water partition coefficient (Wildman–Crippen LogP) is 4.50. The van der Waals surface area contributed by atoms with Crippen molar-refractivity contribution in [3.63, 3.8) is 0 Å². The van der Waals surface area contributed by atoms with Gasteiger partial charge < -0.3 is 10.2 Å². The molecule has 0 radical (unpaired) electrons. The molecule has 184 valence electrons. The van der Waals surface area contributed by atoms with Crippen LogP contribution in [0.15, 0.2) is 42.5 Å². The van der Waals surface area contributed by atoms with Crippen LogP contribution in [-0.4, -0.2) is 51.0 Å². The number of benzene rings is 2. The van der Waals surface area contributed by atoms with Gasteiger partial charge in [0.25, 0.3) is 5.91 Å². The molecule has 0 aromatic heterocycles. The number of hydrogen-bond acceptors (Lipinski definition) is 4. The molecule has 1 heterocycles. The Morgan fingerprint density at radius 3 is 2.35 bits per heavy atom. The summed E-state index contributed by atoms with van der Waals surface area (Å²) in [4.78, 5) is 27.7. The average Bonchev–Trinajstić information content (AvgIpc) is 3.07. The molecule has 0 bridgehead atoms. The van der Waals surface area contributed by atoms with Gasteiger partial charge in [-0.15, -0.1) is 0 Å². The third-order valence-electron chi connectivity index (χ3n) is 6.12. The molecule has 1 N–H and O–H groups in total. The lowest BCUT2D eigenvalue weighted by molar-refractivity contribution is -0.116. The van der Waals surface area contributed by atoms with Gasteiger partial charge in [0, 0.05) is 26.1 Å². The highest BCUT2D eigenvalue weighted by molar-refractivity contribution is 7.92. The number of aryl methyl sites for hydroxylation is 2. The van der Waals surface area contributed by atoms with Crippen molar-refractivity contribution in [2.45, 2.75) is 52.4 Å². The van der Waals surface area contributed by atoms with Crippen molar-refractivity contribution in [2.24, 2.45) is 0 Å². The lowest BCUT2D eigenvalue weighted by atomic mass is 10.1. The van der Waals surface area contributed by atoms with E-state index in [0.717, 1.165) is 49.9 Å². The topological polar surface area (TPSA) is 86.8 Å². The summed E-state index contributed by atoms with van der Waals surface area (Å²) in [7, 11) is -3.50. The molecule has 2 aromatic carbocycles. The number of rotatable bonds is 8. The van der Waals surface area contributed by atoms with E-state index in [1.54, 1.807) is 24.3 Å². The van der Waals surface area contributed by atoms with Gasteiger partial charge in [-0.25, -0.2) is 8.42 Å². The van der Waals surface area contributed by atoms with Gasteiger partial charge >= 0.3 is 0 Å². The Morgan fingerprint density at radius 2 is 1.68 bits per heavy atom. The van der Waals surface area contributed by atoms with Crippen LogP contribution in [0.25, 0.3) is 0 Å². The van der Waals surface area contributed by atoms with Crippen molar-refractivity contribution in [1.82, 2.24) is 4.90 Å². The molecule has 3 rings (SSSR count). The van der Waals surface area contributed by atoms with Crippen molar-refractivity contribution in [3.05, 3.63) is 59.2 Å². The summed E-state index contributed by atoms with van der Waals surface area (Å²) in [6.07, 6.45) is 5.94. The quantitative estimate of drug-likeness (QED) is 0.596. The van der Waals surface area contributed by atoms with Crippen molar-refractivity contribution in [1.29, 1.82) is 0 Å². The molecule has 1 aliphatic heterocycles. The highest BCUT2D eigenvalue weighted by Gasteiger charge is 2.22. The van der Waals surface area contributed by atoms with E-state index in [9.17, 15) is 18.0 Å². The molecule has 34 heavy (non-hydrogen) atoms. The molecule has 0 unspecified atom stereocenters. The van der Waals surface area contributed by atoms with Crippen LogP contribution in [0.3, 0.4) is 0 Å². The van der Waals surface area contributed by atoms with Gasteiger partial charge in [-0.3, -0.25) is 13.9 Å². The van der Waals surface area contributed by atoms with E-state index in [1.807, 2.05) is 36.9 Å². The fraction of sp³-hybridized carbons (Fsp3) is 0.462. The van der Waals surface area contributed by atoms with Crippen LogP contribution < -0.4 is 9.62 Å². The monoisotopic (exact) mass is 485 g/mol. The second-order valence-electron chi connectivity index (χ2n) is 9.03. The Labute approximate surface area is 203 Å². The molecule has 1 saturated heterocycles. The molecule has 1 aliphatic rings. The minimum absolute atomic E-state index is 0.0593. The van der Waals surface area contributed by atoms with E-state index in [1.165, 1.54) is 10.6 Å². The second kappa shape index (κ2) is 11.5. The van der Waals surface area contributed by atoms with Crippen LogP contribution in [0.1, 0.15) is 60.0 Å². The van der Waals surface area contributed by atoms with Crippen molar-refractivity contribution in [3.8, 4) is 0 Å². The summed E-state index contributed by atoms with van der Waals surface area (Å²) >= 11 is 0. The van der Waals surface area contributed by atoms with Gasteiger partial charge in [0.05, 0.1) is 23.2 Å². The summed E-state index contributed by atoms with van der Waals surface area (Å²) in [5.41, 5.74) is 3.46. The smallest absolute Gasteiger partial charge is 0.255 e. The number of sulfonamides is 1. The van der Waals surface area contributed by atoms with Crippen LogP contribution in [0, 0.1) is 13.8 Å². The molecule has 1 fully saturated rings. The van der Waals surface area contributed by atoms with E-state index in [2.05, 4.69) is 5.32 Å². The SMILES string of the molecule is Cc1ccc(C)c(N(CCCC(=O)Nc2ccccc2C(=O)N2CCCCCC2)S(C)(=O)=O)c1. The standard InChI is InChI=1S/C26H35N3O4S/c1-20-14-15-21(2)24(19-20)29(34(3,32)33)18-10-13-25(30)27-23-12-7-6-11-22(23)26(31)28-16-8-4-5-9-17-28/h6-7,11-12,14-15,19H,4-5,8-10,13,16-18H2,1-3H3,(H,27,30). The van der Waals surface area contributed by atoms with E-state index >= 15 is 0 Å². The van der Waals surface area contributed by atoms with Gasteiger partial charge in [0.2, 0.25) is 15.9 Å². The Hall–Kier alpha value is -2.87. The first-order valence-electron chi connectivity index (χ1n) is 11.9. The maximum Gasteiger partial charge on any atom is 0.255 e. The number of anilines is 2. The van der Waals surface area contributed by atoms with Crippen LogP contribution in [0.4, 0.5) is 11.4 Å². The lowest BCUT2D eigenvalue weighted by Crippen LogP contribution is -2.33. The van der Waals surface area contributed by atoms with Crippen LogP contribution in [-0.2, 0) is 14.8 Å². The first kappa shape index (κ1) is 25.7. The average molecular weight is 486 g/mol. The number of likely N-dealkylation sites (tertiary alicyclic amines) is 1. The van der Waals surface area contributed by atoms with E-state index in [0.29, 0.717) is 23.4 Å². The maximum absolute atomic E-state index is 13.1. The number of carbonyl (C=O) groups excluding carboxylic acids is 2. The normalized spacial score (nSPS) is 14.4. The molecular formula is C26H35N3O4S. The van der Waals surface area contributed by atoms with Crippen LogP contribution in [0.5, 0.6) is 0 Å². The molecular weight excluding hydrogens is 450 g/mol. The third kappa shape index (κ3) is 6.82. The third-order valence-corrected chi connectivity index (χ3v) is 7.30. The molecule has 0 aliphatic carbocycles. The summed E-state index contributed by atoms with van der Waals surface area (Å²) < 4.78 is 26.2. The number of nitrogens with zero attached hydrogens (tertiary/aromatic N) is 2. The number of para-hydroxylation sites is 1. The molecule has 2 amide bonds. The van der Waals surface area contributed by atoms with Crippen LogP contribution >= 0.6 is 0 Å². The molecule has 0 spiro atoms. The Bertz CT molecular complexity index is 1120. The zero-order valence-corrected chi connectivity index (χ0v) is 21.2. The highest BCUT2D eigenvalue weighted by atomic mass is 32.2. The number of hydrogen-bond donors (Lipinski definition) is 1. The Morgan fingerprint density at radius 1 is 1.00 bits per heavy atom. The predicted molar refractivity (Wildman–Crippen MR) is 137 cm³/mol. The summed E-state index contributed by atoms with van der Waals surface area (Å²) in [6, 6.07) is 12.8.